The van der Waals surface area contributed by atoms with E-state index >= 15 is 0 Å². The minimum absolute atomic E-state index is 0.237. The molecule has 0 aromatic heterocycles. The minimum atomic E-state index is -0.346. The number of hydrogen-bond donors (Lipinski definition) is 1. The number of benzene rings is 1. The van der Waals surface area contributed by atoms with Crippen LogP contribution in [0.1, 0.15) is 36.0 Å². The molecule has 5 nitrogen and oxygen atoms in total. The Labute approximate surface area is 134 Å². The molecule has 6 heteroatoms. The van der Waals surface area contributed by atoms with Crippen LogP contribution in [0.3, 0.4) is 0 Å². The fourth-order valence-corrected chi connectivity index (χ4v) is 2.97. The van der Waals surface area contributed by atoms with Crippen molar-refractivity contribution in [3.05, 3.63) is 34.9 Å². The molecule has 2 unspecified atom stereocenters. The van der Waals surface area contributed by atoms with E-state index in [-0.39, 0.29) is 23.8 Å². The van der Waals surface area contributed by atoms with Gasteiger partial charge in [0.05, 0.1) is 5.92 Å². The molecule has 0 heterocycles. The molecule has 2 rings (SSSR count). The monoisotopic (exact) mass is 319 g/mol. The number of halogens is 1. The average Bonchev–Trinajstić information content (AvgIpc) is 2.54. The van der Waals surface area contributed by atoms with E-state index in [0.717, 1.165) is 24.2 Å². The van der Waals surface area contributed by atoms with Crippen LogP contribution in [0, 0.1) is 17.4 Å². The van der Waals surface area contributed by atoms with Gasteiger partial charge in [0.2, 0.25) is 5.91 Å². The lowest BCUT2D eigenvalue weighted by Gasteiger charge is -2.32. The topological polar surface area (TPSA) is 73.2 Å². The van der Waals surface area contributed by atoms with Crippen LogP contribution >= 0.6 is 11.6 Å². The number of nitrogens with one attached hydrogen (secondary N) is 1. The summed E-state index contributed by atoms with van der Waals surface area (Å²) in [6, 6.07) is 6.45. The zero-order chi connectivity index (χ0) is 16.1. The fraction of sp³-hybridized carbons (Fsp3) is 0.438. The van der Waals surface area contributed by atoms with Crippen molar-refractivity contribution in [2.45, 2.75) is 31.7 Å². The first-order valence-corrected chi connectivity index (χ1v) is 7.64. The van der Waals surface area contributed by atoms with Gasteiger partial charge in [-0.25, -0.2) is 0 Å². The maximum Gasteiger partial charge on any atom is 0.251 e. The van der Waals surface area contributed by atoms with Crippen LogP contribution in [-0.4, -0.2) is 29.8 Å². The molecule has 1 aromatic carbocycles. The highest BCUT2D eigenvalue weighted by molar-refractivity contribution is 6.30. The van der Waals surface area contributed by atoms with Gasteiger partial charge < -0.3 is 5.32 Å². The normalized spacial score (nSPS) is 20.8. The predicted molar refractivity (Wildman–Crippen MR) is 83.0 cm³/mol. The number of carbonyl (C=O) groups excluding carboxylic acids is 2. The summed E-state index contributed by atoms with van der Waals surface area (Å²) in [5.41, 5.74) is 0.470. The molecule has 116 valence electrons. The molecule has 22 heavy (non-hydrogen) atoms. The Hall–Kier alpha value is -2.06. The van der Waals surface area contributed by atoms with Gasteiger partial charge >= 0.3 is 0 Å². The molecule has 1 N–H and O–H groups in total. The second kappa shape index (κ2) is 7.28. The number of nitriles is 1. The van der Waals surface area contributed by atoms with Crippen molar-refractivity contribution in [2.75, 3.05) is 7.05 Å². The number of carbonyl (C=O) groups is 2. The van der Waals surface area contributed by atoms with Crippen molar-refractivity contribution >= 4 is 23.4 Å². The Balaban J connectivity index is 2.10. The molecule has 0 saturated heterocycles. The molecule has 0 bridgehead atoms. The Bertz CT molecular complexity index is 612. The summed E-state index contributed by atoms with van der Waals surface area (Å²) in [6.07, 6.45) is 5.14. The van der Waals surface area contributed by atoms with Crippen molar-refractivity contribution in [1.29, 1.82) is 5.26 Å². The van der Waals surface area contributed by atoms with E-state index in [1.54, 1.807) is 24.3 Å². The largest absolute Gasteiger partial charge is 0.349 e. The molecule has 1 aliphatic rings. The van der Waals surface area contributed by atoms with Gasteiger partial charge in [-0.3, -0.25) is 14.5 Å². The highest BCUT2D eigenvalue weighted by atomic mass is 35.5. The van der Waals surface area contributed by atoms with Crippen molar-refractivity contribution < 1.29 is 9.59 Å². The van der Waals surface area contributed by atoms with E-state index in [4.69, 9.17) is 16.9 Å². The highest BCUT2D eigenvalue weighted by Crippen LogP contribution is 2.26. The van der Waals surface area contributed by atoms with Gasteiger partial charge in [-0.05, 0) is 31.0 Å². The summed E-state index contributed by atoms with van der Waals surface area (Å²) in [6.45, 7) is 0. The Morgan fingerprint density at radius 3 is 2.77 bits per heavy atom. The molecule has 0 radical (unpaired) electrons. The molecule has 1 fully saturated rings. The van der Waals surface area contributed by atoms with E-state index in [0.29, 0.717) is 17.0 Å². The Kier molecular flexibility index (Phi) is 5.40. The van der Waals surface area contributed by atoms with E-state index < -0.39 is 0 Å². The van der Waals surface area contributed by atoms with Gasteiger partial charge in [0, 0.05) is 23.7 Å². The Morgan fingerprint density at radius 2 is 2.09 bits per heavy atom. The van der Waals surface area contributed by atoms with Gasteiger partial charge in [0.15, 0.2) is 6.19 Å². The van der Waals surface area contributed by atoms with Crippen LogP contribution in [0.15, 0.2) is 24.3 Å². The number of rotatable bonds is 3. The average molecular weight is 320 g/mol. The lowest BCUT2D eigenvalue weighted by Crippen LogP contribution is -2.48. The third-order valence-electron chi connectivity index (χ3n) is 3.97. The van der Waals surface area contributed by atoms with Crippen molar-refractivity contribution in [1.82, 2.24) is 10.2 Å². The van der Waals surface area contributed by atoms with Gasteiger partial charge in [-0.15, -0.1) is 0 Å². The molecule has 0 spiro atoms. The summed E-state index contributed by atoms with van der Waals surface area (Å²) in [5, 5.41) is 12.3. The third kappa shape index (κ3) is 3.77. The molecule has 1 aromatic rings. The van der Waals surface area contributed by atoms with Crippen LogP contribution < -0.4 is 5.32 Å². The van der Waals surface area contributed by atoms with Crippen molar-refractivity contribution in [3.63, 3.8) is 0 Å². The van der Waals surface area contributed by atoms with E-state index in [9.17, 15) is 9.59 Å². The quantitative estimate of drug-likeness (QED) is 0.687. The zero-order valence-electron chi connectivity index (χ0n) is 12.4. The van der Waals surface area contributed by atoms with Crippen LogP contribution in [0.2, 0.25) is 5.02 Å². The summed E-state index contributed by atoms with van der Waals surface area (Å²) < 4.78 is 0. The molecular weight excluding hydrogens is 302 g/mol. The fourth-order valence-electron chi connectivity index (χ4n) is 2.78. The smallest absolute Gasteiger partial charge is 0.251 e. The van der Waals surface area contributed by atoms with Crippen molar-refractivity contribution in [3.8, 4) is 6.19 Å². The Morgan fingerprint density at radius 1 is 1.36 bits per heavy atom. The van der Waals surface area contributed by atoms with Crippen LogP contribution in [-0.2, 0) is 4.79 Å². The van der Waals surface area contributed by atoms with Crippen LogP contribution in [0.5, 0.6) is 0 Å². The van der Waals surface area contributed by atoms with Crippen LogP contribution in [0.4, 0.5) is 0 Å². The van der Waals surface area contributed by atoms with Crippen LogP contribution in [0.25, 0.3) is 0 Å². The first-order valence-electron chi connectivity index (χ1n) is 7.26. The molecule has 1 aliphatic carbocycles. The first kappa shape index (κ1) is 16.3. The lowest BCUT2D eigenvalue weighted by atomic mass is 9.83. The zero-order valence-corrected chi connectivity index (χ0v) is 13.1. The standard InChI is InChI=1S/C16H18ClN3O2/c1-20(10-18)16(22)13-7-2-3-8-14(13)19-15(21)11-5-4-6-12(17)9-11/h4-6,9,13-14H,2-3,7-8H2,1H3,(H,19,21). The summed E-state index contributed by atoms with van der Waals surface area (Å²) >= 11 is 5.89. The molecule has 0 aliphatic heterocycles. The SMILES string of the molecule is CN(C#N)C(=O)C1CCCCC1NC(=O)c1cccc(Cl)c1. The molecular formula is C16H18ClN3O2. The van der Waals surface area contributed by atoms with E-state index in [1.165, 1.54) is 7.05 Å². The van der Waals surface area contributed by atoms with E-state index in [2.05, 4.69) is 5.32 Å². The van der Waals surface area contributed by atoms with Gasteiger partial charge in [0.25, 0.3) is 5.91 Å². The molecule has 1 saturated carbocycles. The predicted octanol–water partition coefficient (Wildman–Crippen LogP) is 2.57. The minimum Gasteiger partial charge on any atom is -0.349 e. The second-order valence-electron chi connectivity index (χ2n) is 5.48. The van der Waals surface area contributed by atoms with Gasteiger partial charge in [0.1, 0.15) is 0 Å². The number of nitrogens with zero attached hydrogens (tertiary/aromatic N) is 2. The molecule has 2 amide bonds. The summed E-state index contributed by atoms with van der Waals surface area (Å²) in [5.74, 6) is -0.827. The third-order valence-corrected chi connectivity index (χ3v) is 4.20. The van der Waals surface area contributed by atoms with Gasteiger partial charge in [-0.1, -0.05) is 30.5 Å². The maximum atomic E-state index is 12.3. The van der Waals surface area contributed by atoms with Gasteiger partial charge in [-0.2, -0.15) is 5.26 Å². The molecule has 2 atom stereocenters. The second-order valence-corrected chi connectivity index (χ2v) is 5.91. The highest BCUT2D eigenvalue weighted by Gasteiger charge is 2.34. The van der Waals surface area contributed by atoms with E-state index in [1.807, 2.05) is 6.19 Å². The first-order chi connectivity index (χ1) is 10.5. The summed E-state index contributed by atoms with van der Waals surface area (Å²) in [7, 11) is 1.45. The lowest BCUT2D eigenvalue weighted by molar-refractivity contribution is -0.133. The number of hydrogen-bond acceptors (Lipinski definition) is 3. The summed E-state index contributed by atoms with van der Waals surface area (Å²) in [4.78, 5) is 25.6. The maximum absolute atomic E-state index is 12.3. The number of amides is 2. The van der Waals surface area contributed by atoms with Crippen molar-refractivity contribution in [2.24, 2.45) is 5.92 Å².